The zero-order valence-corrected chi connectivity index (χ0v) is 12.8. The second-order valence-corrected chi connectivity index (χ2v) is 6.64. The van der Waals surface area contributed by atoms with Crippen LogP contribution in [-0.2, 0) is 4.79 Å². The average Bonchev–Trinajstić information content (AvgIpc) is 2.90. The average molecular weight is 279 g/mol. The Morgan fingerprint density at radius 3 is 2.80 bits per heavy atom. The van der Waals surface area contributed by atoms with Gasteiger partial charge in [0.15, 0.2) is 0 Å². The topological polar surface area (TPSA) is 35.6 Å². The zero-order valence-electron chi connectivity index (χ0n) is 12.8. The molecule has 0 aliphatic carbocycles. The van der Waals surface area contributed by atoms with Crippen LogP contribution in [0.2, 0.25) is 0 Å². The third kappa shape index (κ3) is 2.73. The van der Waals surface area contributed by atoms with Gasteiger partial charge in [-0.1, -0.05) is 13.3 Å². The lowest BCUT2D eigenvalue weighted by Crippen LogP contribution is -2.57. The van der Waals surface area contributed by atoms with Gasteiger partial charge in [0.05, 0.1) is 6.04 Å². The molecule has 1 amide bonds. The van der Waals surface area contributed by atoms with Crippen LogP contribution >= 0.6 is 0 Å². The van der Waals surface area contributed by atoms with Crippen LogP contribution in [0.15, 0.2) is 0 Å². The van der Waals surface area contributed by atoms with Crippen molar-refractivity contribution in [1.29, 1.82) is 0 Å². The Morgan fingerprint density at radius 1 is 1.05 bits per heavy atom. The molecule has 0 bridgehead atoms. The molecule has 0 spiro atoms. The first kappa shape index (κ1) is 14.3. The number of nitrogens with zero attached hydrogens (tertiary/aromatic N) is 2. The molecule has 3 aliphatic rings. The summed E-state index contributed by atoms with van der Waals surface area (Å²) >= 11 is 0. The maximum atomic E-state index is 12.7. The Balaban J connectivity index is 1.65. The molecule has 3 fully saturated rings. The number of hydrogen-bond donors (Lipinski definition) is 1. The molecule has 3 saturated heterocycles. The van der Waals surface area contributed by atoms with E-state index in [9.17, 15) is 4.79 Å². The molecule has 4 nitrogen and oxygen atoms in total. The van der Waals surface area contributed by atoms with Gasteiger partial charge in [0.1, 0.15) is 0 Å². The molecule has 3 heterocycles. The smallest absolute Gasteiger partial charge is 0.240 e. The molecule has 20 heavy (non-hydrogen) atoms. The van der Waals surface area contributed by atoms with Crippen LogP contribution in [0.5, 0.6) is 0 Å². The summed E-state index contributed by atoms with van der Waals surface area (Å²) in [5, 5.41) is 3.44. The third-order valence-electron chi connectivity index (χ3n) is 5.33. The van der Waals surface area contributed by atoms with Gasteiger partial charge in [0.25, 0.3) is 0 Å². The fourth-order valence-electron chi connectivity index (χ4n) is 4.32. The van der Waals surface area contributed by atoms with Crippen molar-refractivity contribution in [3.8, 4) is 0 Å². The second kappa shape index (κ2) is 6.44. The molecule has 4 heteroatoms. The highest BCUT2D eigenvalue weighted by Crippen LogP contribution is 2.32. The molecular weight excluding hydrogens is 250 g/mol. The van der Waals surface area contributed by atoms with Gasteiger partial charge < -0.3 is 10.2 Å². The predicted octanol–water partition coefficient (Wildman–Crippen LogP) is 1.60. The van der Waals surface area contributed by atoms with E-state index in [1.165, 1.54) is 38.8 Å². The number of carbonyl (C=O) groups is 1. The van der Waals surface area contributed by atoms with Gasteiger partial charge in [-0.25, -0.2) is 0 Å². The van der Waals surface area contributed by atoms with Crippen LogP contribution in [0.3, 0.4) is 0 Å². The summed E-state index contributed by atoms with van der Waals surface area (Å²) in [4.78, 5) is 17.6. The molecule has 3 atom stereocenters. The summed E-state index contributed by atoms with van der Waals surface area (Å²) in [6.07, 6.45) is 8.46. The zero-order chi connectivity index (χ0) is 13.9. The summed E-state index contributed by atoms with van der Waals surface area (Å²) in [6, 6.07) is 1.23. The SMILES string of the molecule is CCCNC1CCCN(C2CCN3CCCCC23)C1=O. The van der Waals surface area contributed by atoms with Crippen molar-refractivity contribution >= 4 is 5.91 Å². The fourth-order valence-corrected chi connectivity index (χ4v) is 4.32. The van der Waals surface area contributed by atoms with Crippen molar-refractivity contribution in [3.05, 3.63) is 0 Å². The first-order valence-corrected chi connectivity index (χ1v) is 8.59. The highest BCUT2D eigenvalue weighted by Gasteiger charge is 2.42. The van der Waals surface area contributed by atoms with E-state index in [4.69, 9.17) is 0 Å². The molecule has 3 unspecified atom stereocenters. The standard InChI is InChI=1S/C16H29N3O/c1-2-9-17-13-6-5-11-19(16(13)20)15-8-12-18-10-4-3-7-14(15)18/h13-15,17H,2-12H2,1H3. The fraction of sp³-hybridized carbons (Fsp3) is 0.938. The Morgan fingerprint density at radius 2 is 1.95 bits per heavy atom. The van der Waals surface area contributed by atoms with Crippen LogP contribution in [0, 0.1) is 0 Å². The van der Waals surface area contributed by atoms with E-state index in [-0.39, 0.29) is 6.04 Å². The predicted molar refractivity (Wildman–Crippen MR) is 80.6 cm³/mol. The Bertz CT molecular complexity index is 347. The lowest BCUT2D eigenvalue weighted by Gasteiger charge is -2.41. The number of nitrogens with one attached hydrogen (secondary N) is 1. The van der Waals surface area contributed by atoms with E-state index in [1.807, 2.05) is 0 Å². The highest BCUT2D eigenvalue weighted by molar-refractivity contribution is 5.83. The summed E-state index contributed by atoms with van der Waals surface area (Å²) in [6.45, 7) is 6.56. The van der Waals surface area contributed by atoms with E-state index in [0.29, 0.717) is 18.0 Å². The first-order chi connectivity index (χ1) is 9.81. The second-order valence-electron chi connectivity index (χ2n) is 6.64. The van der Waals surface area contributed by atoms with Crippen molar-refractivity contribution in [2.75, 3.05) is 26.2 Å². The molecule has 0 aromatic heterocycles. The maximum absolute atomic E-state index is 12.7. The summed E-state index contributed by atoms with van der Waals surface area (Å²) in [5.41, 5.74) is 0. The molecule has 1 N–H and O–H groups in total. The lowest BCUT2D eigenvalue weighted by atomic mass is 9.94. The molecule has 0 radical (unpaired) electrons. The van der Waals surface area contributed by atoms with Crippen molar-refractivity contribution in [1.82, 2.24) is 15.1 Å². The summed E-state index contributed by atoms with van der Waals surface area (Å²) in [5.74, 6) is 0.377. The van der Waals surface area contributed by atoms with Crippen LogP contribution < -0.4 is 5.32 Å². The van der Waals surface area contributed by atoms with Gasteiger partial charge in [-0.15, -0.1) is 0 Å². The van der Waals surface area contributed by atoms with E-state index in [2.05, 4.69) is 22.0 Å². The minimum atomic E-state index is 0.0846. The number of amides is 1. The molecule has 3 rings (SSSR count). The molecule has 0 aromatic rings. The molecule has 0 saturated carbocycles. The van der Waals surface area contributed by atoms with E-state index in [0.717, 1.165) is 32.4 Å². The van der Waals surface area contributed by atoms with Gasteiger partial charge in [0, 0.05) is 25.2 Å². The Kier molecular flexibility index (Phi) is 4.61. The van der Waals surface area contributed by atoms with Crippen molar-refractivity contribution in [2.45, 2.75) is 70.0 Å². The van der Waals surface area contributed by atoms with Crippen LogP contribution in [0.4, 0.5) is 0 Å². The van der Waals surface area contributed by atoms with Gasteiger partial charge in [-0.3, -0.25) is 9.69 Å². The highest BCUT2D eigenvalue weighted by atomic mass is 16.2. The number of fused-ring (bicyclic) bond motifs is 1. The lowest BCUT2D eigenvalue weighted by molar-refractivity contribution is -0.139. The summed E-state index contributed by atoms with van der Waals surface area (Å²) in [7, 11) is 0. The third-order valence-corrected chi connectivity index (χ3v) is 5.33. The van der Waals surface area contributed by atoms with Gasteiger partial charge >= 0.3 is 0 Å². The monoisotopic (exact) mass is 279 g/mol. The minimum Gasteiger partial charge on any atom is -0.337 e. The van der Waals surface area contributed by atoms with Crippen molar-refractivity contribution in [2.24, 2.45) is 0 Å². The largest absolute Gasteiger partial charge is 0.337 e. The van der Waals surface area contributed by atoms with Crippen LogP contribution in [0.25, 0.3) is 0 Å². The Labute approximate surface area is 122 Å². The number of likely N-dealkylation sites (tertiary alicyclic amines) is 1. The normalized spacial score (nSPS) is 35.4. The van der Waals surface area contributed by atoms with Gasteiger partial charge in [-0.05, 0) is 51.6 Å². The Hall–Kier alpha value is -0.610. The molecular formula is C16H29N3O. The van der Waals surface area contributed by atoms with E-state index in [1.54, 1.807) is 0 Å². The minimum absolute atomic E-state index is 0.0846. The quantitative estimate of drug-likeness (QED) is 0.849. The number of piperidine rings is 2. The van der Waals surface area contributed by atoms with Crippen LogP contribution in [0.1, 0.15) is 51.9 Å². The van der Waals surface area contributed by atoms with Crippen molar-refractivity contribution < 1.29 is 4.79 Å². The molecule has 3 aliphatic heterocycles. The maximum Gasteiger partial charge on any atom is 0.240 e. The molecule has 114 valence electrons. The number of carbonyl (C=O) groups excluding carboxylic acids is 1. The van der Waals surface area contributed by atoms with Crippen LogP contribution in [-0.4, -0.2) is 60.0 Å². The first-order valence-electron chi connectivity index (χ1n) is 8.59. The van der Waals surface area contributed by atoms with Gasteiger partial charge in [-0.2, -0.15) is 0 Å². The van der Waals surface area contributed by atoms with Gasteiger partial charge in [0.2, 0.25) is 5.91 Å². The van der Waals surface area contributed by atoms with E-state index >= 15 is 0 Å². The summed E-state index contributed by atoms with van der Waals surface area (Å²) < 4.78 is 0. The molecule has 0 aromatic carbocycles. The number of hydrogen-bond acceptors (Lipinski definition) is 3. The number of rotatable bonds is 4. The van der Waals surface area contributed by atoms with Crippen molar-refractivity contribution in [3.63, 3.8) is 0 Å². The van der Waals surface area contributed by atoms with E-state index < -0.39 is 0 Å².